The summed E-state index contributed by atoms with van der Waals surface area (Å²) >= 11 is 0. The molecule has 1 amide bonds. The first-order chi connectivity index (χ1) is 16.7. The number of fused-ring (bicyclic) bond motifs is 3. The molecular formula is C25H26BN5O4. The minimum absolute atomic E-state index is 0.124. The van der Waals surface area contributed by atoms with E-state index in [1.165, 1.54) is 0 Å². The molecule has 1 unspecified atom stereocenters. The Hall–Kier alpha value is -3.50. The number of nitrogens with one attached hydrogen (secondary N) is 1. The van der Waals surface area contributed by atoms with Crippen molar-refractivity contribution in [1.29, 1.82) is 0 Å². The first-order valence-corrected chi connectivity index (χ1v) is 11.8. The van der Waals surface area contributed by atoms with Crippen LogP contribution in [0.2, 0.25) is 0 Å². The summed E-state index contributed by atoms with van der Waals surface area (Å²) in [4.78, 5) is 32.2. The Kier molecular flexibility index (Phi) is 4.88. The smallest absolute Gasteiger partial charge is 0.444 e. The quantitative estimate of drug-likeness (QED) is 0.393. The number of carbonyl (C=O) groups excluding carboxylic acids is 1. The zero-order chi connectivity index (χ0) is 24.5. The number of benzene rings is 2. The highest BCUT2D eigenvalue weighted by Gasteiger charge is 2.56. The van der Waals surface area contributed by atoms with E-state index in [0.29, 0.717) is 28.1 Å². The normalized spacial score (nSPS) is 21.4. The van der Waals surface area contributed by atoms with Crippen LogP contribution in [0.1, 0.15) is 45.5 Å². The van der Waals surface area contributed by atoms with E-state index in [2.05, 4.69) is 9.97 Å². The first kappa shape index (κ1) is 22.0. The molecule has 3 heterocycles. The number of H-pyrrole nitrogens is 1. The fourth-order valence-electron chi connectivity index (χ4n) is 4.95. The summed E-state index contributed by atoms with van der Waals surface area (Å²) in [6, 6.07) is 11.0. The Morgan fingerprint density at radius 2 is 1.89 bits per heavy atom. The summed E-state index contributed by atoms with van der Waals surface area (Å²) < 4.78 is 5.68. The van der Waals surface area contributed by atoms with Gasteiger partial charge in [-0.15, -0.1) is 0 Å². The highest BCUT2D eigenvalue weighted by Crippen LogP contribution is 2.53. The van der Waals surface area contributed by atoms with Crippen LogP contribution in [-0.2, 0) is 4.74 Å². The van der Waals surface area contributed by atoms with Crippen LogP contribution >= 0.6 is 0 Å². The van der Waals surface area contributed by atoms with Crippen LogP contribution in [-0.4, -0.2) is 59.7 Å². The van der Waals surface area contributed by atoms with E-state index in [-0.39, 0.29) is 18.2 Å². The number of hydrogen-bond acceptors (Lipinski definition) is 7. The lowest BCUT2D eigenvalue weighted by Gasteiger charge is -2.29. The number of nitrogens with zero attached hydrogens (tertiary/aromatic N) is 4. The SMILES string of the molecule is CC(C)(C)OC(=O)N1[C@@H]2CC2C[C@H]1c1nc2ccc(-c3cnc4cc(B(O)O)ccc4n3)cc2[nH]1. The highest BCUT2D eigenvalue weighted by atomic mass is 16.6. The molecule has 35 heavy (non-hydrogen) atoms. The predicted octanol–water partition coefficient (Wildman–Crippen LogP) is 2.92. The van der Waals surface area contributed by atoms with Gasteiger partial charge in [0.05, 0.1) is 40.0 Å². The topological polar surface area (TPSA) is 124 Å². The summed E-state index contributed by atoms with van der Waals surface area (Å²) in [5.74, 6) is 1.28. The van der Waals surface area contributed by atoms with Gasteiger partial charge in [-0.25, -0.2) is 14.8 Å². The van der Waals surface area contributed by atoms with Crippen LogP contribution in [0.5, 0.6) is 0 Å². The van der Waals surface area contributed by atoms with Gasteiger partial charge in [-0.3, -0.25) is 9.88 Å². The molecule has 1 saturated carbocycles. The molecule has 3 atom stereocenters. The van der Waals surface area contributed by atoms with Crippen LogP contribution in [0.4, 0.5) is 4.79 Å². The lowest BCUT2D eigenvalue weighted by Crippen LogP contribution is -2.38. The zero-order valence-corrected chi connectivity index (χ0v) is 19.8. The van der Waals surface area contributed by atoms with Crippen molar-refractivity contribution in [1.82, 2.24) is 24.8 Å². The number of rotatable bonds is 3. The van der Waals surface area contributed by atoms with Crippen molar-refractivity contribution in [2.24, 2.45) is 5.92 Å². The van der Waals surface area contributed by atoms with Crippen LogP contribution < -0.4 is 5.46 Å². The van der Waals surface area contributed by atoms with E-state index in [9.17, 15) is 14.8 Å². The number of aromatic amines is 1. The maximum atomic E-state index is 12.9. The minimum atomic E-state index is -1.55. The monoisotopic (exact) mass is 471 g/mol. The van der Waals surface area contributed by atoms with Crippen molar-refractivity contribution >= 4 is 40.7 Å². The van der Waals surface area contributed by atoms with E-state index >= 15 is 0 Å². The molecule has 0 bridgehead atoms. The van der Waals surface area contributed by atoms with Gasteiger partial charge in [0.25, 0.3) is 0 Å². The molecule has 3 N–H and O–H groups in total. The standard InChI is InChI=1S/C25H26BN5O4/c1-25(2,3)35-24(32)31-21-9-14(21)10-22(31)23-29-17-6-4-13(8-19(17)30-23)20-12-27-18-11-15(26(33)34)5-7-16(18)28-20/h4-8,11-12,14,21-22,33-34H,9-10H2,1-3H3,(H,29,30)/t14?,21-,22+/m1/s1. The Balaban J connectivity index is 1.30. The second kappa shape index (κ2) is 7.76. The van der Waals surface area contributed by atoms with Gasteiger partial charge in [-0.2, -0.15) is 0 Å². The van der Waals surface area contributed by atoms with Crippen LogP contribution in [0.3, 0.4) is 0 Å². The molecule has 1 aliphatic heterocycles. The van der Waals surface area contributed by atoms with Crippen LogP contribution in [0, 0.1) is 5.92 Å². The van der Waals surface area contributed by atoms with E-state index in [1.54, 1.807) is 24.4 Å². The average Bonchev–Trinajstić information content (AvgIpc) is 3.25. The molecule has 0 radical (unpaired) electrons. The largest absolute Gasteiger partial charge is 0.488 e. The van der Waals surface area contributed by atoms with Crippen molar-refractivity contribution in [3.8, 4) is 11.3 Å². The molecule has 2 fully saturated rings. The number of ether oxygens (including phenoxy) is 1. The van der Waals surface area contributed by atoms with Gasteiger partial charge >= 0.3 is 13.2 Å². The molecule has 0 spiro atoms. The lowest BCUT2D eigenvalue weighted by molar-refractivity contribution is 0.0175. The molecule has 1 saturated heterocycles. The van der Waals surface area contributed by atoms with Gasteiger partial charge in [-0.1, -0.05) is 12.1 Å². The van der Waals surface area contributed by atoms with Crippen LogP contribution in [0.25, 0.3) is 33.3 Å². The van der Waals surface area contributed by atoms with Crippen molar-refractivity contribution in [2.75, 3.05) is 0 Å². The third-order valence-electron chi connectivity index (χ3n) is 6.68. The Labute approximate surface area is 202 Å². The Morgan fingerprint density at radius 1 is 1.09 bits per heavy atom. The Bertz CT molecular complexity index is 1460. The lowest BCUT2D eigenvalue weighted by atomic mass is 9.80. The van der Waals surface area contributed by atoms with E-state index in [4.69, 9.17) is 14.7 Å². The highest BCUT2D eigenvalue weighted by molar-refractivity contribution is 6.58. The second-order valence-electron chi connectivity index (χ2n) is 10.4. The third kappa shape index (κ3) is 4.02. The molecule has 9 nitrogen and oxygen atoms in total. The summed E-state index contributed by atoms with van der Waals surface area (Å²) in [7, 11) is -1.55. The average molecular weight is 471 g/mol. The van der Waals surface area contributed by atoms with E-state index in [1.807, 2.05) is 43.9 Å². The zero-order valence-electron chi connectivity index (χ0n) is 19.8. The Morgan fingerprint density at radius 3 is 2.66 bits per heavy atom. The van der Waals surface area contributed by atoms with Gasteiger partial charge in [0.15, 0.2) is 0 Å². The maximum absolute atomic E-state index is 12.9. The molecule has 4 aromatic rings. The molecular weight excluding hydrogens is 445 g/mol. The fourth-order valence-corrected chi connectivity index (χ4v) is 4.95. The number of imidazole rings is 1. The summed E-state index contributed by atoms with van der Waals surface area (Å²) in [6.45, 7) is 5.65. The molecule has 6 rings (SSSR count). The molecule has 178 valence electrons. The van der Waals surface area contributed by atoms with Crippen molar-refractivity contribution in [3.05, 3.63) is 48.4 Å². The number of carbonyl (C=O) groups is 1. The third-order valence-corrected chi connectivity index (χ3v) is 6.68. The number of amides is 1. The molecule has 2 aromatic carbocycles. The summed E-state index contributed by atoms with van der Waals surface area (Å²) in [5.41, 5.74) is 4.35. The fraction of sp³-hybridized carbons (Fsp3) is 0.360. The molecule has 10 heteroatoms. The van der Waals surface area contributed by atoms with Crippen molar-refractivity contribution in [2.45, 2.75) is 51.3 Å². The van der Waals surface area contributed by atoms with Crippen LogP contribution in [0.15, 0.2) is 42.6 Å². The second-order valence-corrected chi connectivity index (χ2v) is 10.4. The van der Waals surface area contributed by atoms with Crippen molar-refractivity contribution in [3.63, 3.8) is 0 Å². The number of piperidine rings is 1. The van der Waals surface area contributed by atoms with E-state index < -0.39 is 12.7 Å². The molecule has 1 aliphatic carbocycles. The van der Waals surface area contributed by atoms with Crippen molar-refractivity contribution < 1.29 is 19.6 Å². The van der Waals surface area contributed by atoms with Gasteiger partial charge in [0.2, 0.25) is 0 Å². The first-order valence-electron chi connectivity index (χ1n) is 11.8. The number of hydrogen-bond donors (Lipinski definition) is 3. The van der Waals surface area contributed by atoms with E-state index in [0.717, 1.165) is 35.3 Å². The summed E-state index contributed by atoms with van der Waals surface area (Å²) in [6.07, 6.45) is 3.30. The van der Waals surface area contributed by atoms with Gasteiger partial charge in [0, 0.05) is 11.6 Å². The number of likely N-dealkylation sites (tertiary alicyclic amines) is 1. The van der Waals surface area contributed by atoms with Gasteiger partial charge in [-0.05, 0) is 69.3 Å². The number of aromatic nitrogens is 4. The maximum Gasteiger partial charge on any atom is 0.488 e. The molecule has 2 aromatic heterocycles. The van der Waals surface area contributed by atoms with Gasteiger partial charge in [0.1, 0.15) is 11.4 Å². The predicted molar refractivity (Wildman–Crippen MR) is 132 cm³/mol. The minimum Gasteiger partial charge on any atom is -0.444 e. The molecule has 2 aliphatic rings. The summed E-state index contributed by atoms with van der Waals surface area (Å²) in [5, 5.41) is 18.8. The van der Waals surface area contributed by atoms with Gasteiger partial charge < -0.3 is 19.8 Å².